The molecule has 0 saturated carbocycles. The highest BCUT2D eigenvalue weighted by Gasteiger charge is 2.38. The molecule has 2 atom stereocenters. The first-order valence-corrected chi connectivity index (χ1v) is 7.50. The van der Waals surface area contributed by atoms with E-state index in [4.69, 9.17) is 0 Å². The van der Waals surface area contributed by atoms with Crippen LogP contribution in [0.4, 0.5) is 5.69 Å². The third-order valence-electron chi connectivity index (χ3n) is 4.17. The third-order valence-corrected chi connectivity index (χ3v) is 4.80. The Bertz CT molecular complexity index is 469. The van der Waals surface area contributed by atoms with Crippen molar-refractivity contribution in [2.75, 3.05) is 4.90 Å². The summed E-state index contributed by atoms with van der Waals surface area (Å²) in [5.41, 5.74) is 2.53. The first kappa shape index (κ1) is 12.2. The maximum atomic E-state index is 11.8. The average Bonchev–Trinajstić information content (AvgIpc) is 2.28. The number of fused-ring (bicyclic) bond motifs is 2. The number of Topliss-reactive ketones (excluding diaryl/α,β-unsaturated/α-hetero) is 1. The van der Waals surface area contributed by atoms with Crippen LogP contribution in [0, 0.1) is 6.92 Å². The van der Waals surface area contributed by atoms with Gasteiger partial charge in [-0.15, -0.1) is 0 Å². The lowest BCUT2D eigenvalue weighted by atomic mass is 9.83. The number of halogens is 1. The van der Waals surface area contributed by atoms with Gasteiger partial charge in [0.25, 0.3) is 0 Å². The number of piperidine rings is 2. The Kier molecular flexibility index (Phi) is 3.18. The van der Waals surface area contributed by atoms with E-state index in [2.05, 4.69) is 46.0 Å². The lowest BCUT2D eigenvalue weighted by Gasteiger charge is -2.47. The zero-order valence-electron chi connectivity index (χ0n) is 10.7. The molecular formula is C15H18BrNO. The summed E-state index contributed by atoms with van der Waals surface area (Å²) in [6.45, 7) is 2.11. The number of ketones is 1. The Morgan fingerprint density at radius 1 is 1.22 bits per heavy atom. The van der Waals surface area contributed by atoms with Gasteiger partial charge in [-0.3, -0.25) is 4.79 Å². The molecule has 3 heteroatoms. The third kappa shape index (κ3) is 2.09. The van der Waals surface area contributed by atoms with Crippen LogP contribution in [0.3, 0.4) is 0 Å². The lowest BCUT2D eigenvalue weighted by Crippen LogP contribution is -2.52. The Morgan fingerprint density at radius 2 is 1.89 bits per heavy atom. The first-order chi connectivity index (χ1) is 8.65. The van der Waals surface area contributed by atoms with Gasteiger partial charge in [-0.2, -0.15) is 0 Å². The molecule has 0 aromatic heterocycles. The molecule has 1 aromatic rings. The van der Waals surface area contributed by atoms with E-state index in [-0.39, 0.29) is 0 Å². The van der Waals surface area contributed by atoms with Crippen LogP contribution in [0.15, 0.2) is 22.7 Å². The second-order valence-electron chi connectivity index (χ2n) is 5.55. The van der Waals surface area contributed by atoms with E-state index >= 15 is 0 Å². The van der Waals surface area contributed by atoms with Crippen LogP contribution in [-0.4, -0.2) is 17.9 Å². The van der Waals surface area contributed by atoms with E-state index in [9.17, 15) is 4.79 Å². The van der Waals surface area contributed by atoms with Gasteiger partial charge in [0.15, 0.2) is 0 Å². The van der Waals surface area contributed by atoms with Crippen LogP contribution in [0.25, 0.3) is 0 Å². The van der Waals surface area contributed by atoms with Crippen molar-refractivity contribution >= 4 is 27.4 Å². The molecule has 2 bridgehead atoms. The van der Waals surface area contributed by atoms with E-state index in [1.54, 1.807) is 0 Å². The van der Waals surface area contributed by atoms with Crippen LogP contribution in [-0.2, 0) is 4.79 Å². The van der Waals surface area contributed by atoms with E-state index in [1.165, 1.54) is 17.7 Å². The van der Waals surface area contributed by atoms with E-state index < -0.39 is 0 Å². The number of anilines is 1. The average molecular weight is 308 g/mol. The van der Waals surface area contributed by atoms with Crippen molar-refractivity contribution in [1.29, 1.82) is 0 Å². The molecule has 0 spiro atoms. The summed E-state index contributed by atoms with van der Waals surface area (Å²) in [6.07, 6.45) is 5.04. The van der Waals surface area contributed by atoms with Crippen molar-refractivity contribution in [2.45, 2.75) is 51.1 Å². The highest BCUT2D eigenvalue weighted by molar-refractivity contribution is 9.10. The molecule has 0 aliphatic carbocycles. The van der Waals surface area contributed by atoms with Gasteiger partial charge in [0.05, 0.1) is 5.69 Å². The van der Waals surface area contributed by atoms with Crippen molar-refractivity contribution in [3.63, 3.8) is 0 Å². The van der Waals surface area contributed by atoms with Crippen molar-refractivity contribution in [3.8, 4) is 0 Å². The minimum absolute atomic E-state index is 0.420. The number of hydrogen-bond acceptors (Lipinski definition) is 2. The van der Waals surface area contributed by atoms with Crippen LogP contribution >= 0.6 is 15.9 Å². The highest BCUT2D eigenvalue weighted by atomic mass is 79.9. The minimum Gasteiger partial charge on any atom is -0.364 e. The number of carbonyl (C=O) groups is 1. The summed E-state index contributed by atoms with van der Waals surface area (Å²) in [5, 5.41) is 0. The van der Waals surface area contributed by atoms with Crippen LogP contribution in [0.5, 0.6) is 0 Å². The second kappa shape index (κ2) is 4.69. The van der Waals surface area contributed by atoms with Gasteiger partial charge in [0.1, 0.15) is 5.78 Å². The Labute approximate surface area is 116 Å². The molecular weight excluding hydrogens is 290 g/mol. The maximum absolute atomic E-state index is 11.8. The molecule has 0 N–H and O–H groups in total. The molecule has 2 fully saturated rings. The minimum atomic E-state index is 0.420. The quantitative estimate of drug-likeness (QED) is 0.785. The van der Waals surface area contributed by atoms with Crippen molar-refractivity contribution < 1.29 is 4.79 Å². The van der Waals surface area contributed by atoms with Crippen molar-refractivity contribution in [1.82, 2.24) is 0 Å². The van der Waals surface area contributed by atoms with E-state index in [0.29, 0.717) is 17.9 Å². The highest BCUT2D eigenvalue weighted by Crippen LogP contribution is 2.39. The standard InChI is InChI=1S/C15H18BrNO/c1-10-5-6-15(14(16)7-10)17-11-3-2-4-12(17)9-13(18)8-11/h5-7,11-12H,2-4,8-9H2,1H3. The summed E-state index contributed by atoms with van der Waals surface area (Å²) in [4.78, 5) is 14.2. The number of rotatable bonds is 1. The molecule has 0 amide bonds. The van der Waals surface area contributed by atoms with Crippen LogP contribution in [0.1, 0.15) is 37.7 Å². The summed E-state index contributed by atoms with van der Waals surface area (Å²) in [7, 11) is 0. The molecule has 2 nitrogen and oxygen atoms in total. The van der Waals surface area contributed by atoms with Gasteiger partial charge in [0, 0.05) is 29.4 Å². The molecule has 2 aliphatic rings. The van der Waals surface area contributed by atoms with Gasteiger partial charge < -0.3 is 4.90 Å². The lowest BCUT2D eigenvalue weighted by molar-refractivity contribution is -0.121. The molecule has 3 rings (SSSR count). The molecule has 1 aromatic carbocycles. The van der Waals surface area contributed by atoms with E-state index in [1.807, 2.05) is 0 Å². The van der Waals surface area contributed by atoms with Gasteiger partial charge in [-0.1, -0.05) is 6.07 Å². The second-order valence-corrected chi connectivity index (χ2v) is 6.40. The fourth-order valence-electron chi connectivity index (χ4n) is 3.39. The summed E-state index contributed by atoms with van der Waals surface area (Å²) in [6, 6.07) is 7.36. The number of carbonyl (C=O) groups excluding carboxylic acids is 1. The SMILES string of the molecule is Cc1ccc(N2C3CCCC2CC(=O)C3)c(Br)c1. The number of benzene rings is 1. The molecule has 2 saturated heterocycles. The fourth-order valence-corrected chi connectivity index (χ4v) is 4.09. The first-order valence-electron chi connectivity index (χ1n) is 6.71. The largest absolute Gasteiger partial charge is 0.364 e. The summed E-state index contributed by atoms with van der Waals surface area (Å²) < 4.78 is 1.16. The number of nitrogens with zero attached hydrogens (tertiary/aromatic N) is 1. The monoisotopic (exact) mass is 307 g/mol. The van der Waals surface area contributed by atoms with E-state index in [0.717, 1.165) is 30.2 Å². The van der Waals surface area contributed by atoms with Crippen LogP contribution in [0.2, 0.25) is 0 Å². The molecule has 2 heterocycles. The summed E-state index contributed by atoms with van der Waals surface area (Å²) in [5.74, 6) is 0.448. The van der Waals surface area contributed by atoms with Gasteiger partial charge in [-0.25, -0.2) is 0 Å². The number of hydrogen-bond donors (Lipinski definition) is 0. The molecule has 18 heavy (non-hydrogen) atoms. The maximum Gasteiger partial charge on any atom is 0.137 e. The van der Waals surface area contributed by atoms with Crippen molar-refractivity contribution in [3.05, 3.63) is 28.2 Å². The zero-order chi connectivity index (χ0) is 12.7. The van der Waals surface area contributed by atoms with Gasteiger partial charge >= 0.3 is 0 Å². The van der Waals surface area contributed by atoms with Gasteiger partial charge in [-0.05, 0) is 59.8 Å². The molecule has 2 unspecified atom stereocenters. The molecule has 2 aliphatic heterocycles. The summed E-state index contributed by atoms with van der Waals surface area (Å²) >= 11 is 3.68. The smallest absolute Gasteiger partial charge is 0.137 e. The Morgan fingerprint density at radius 3 is 2.50 bits per heavy atom. The zero-order valence-corrected chi connectivity index (χ0v) is 12.2. The Hall–Kier alpha value is -0.830. The topological polar surface area (TPSA) is 20.3 Å². The van der Waals surface area contributed by atoms with Crippen molar-refractivity contribution in [2.24, 2.45) is 0 Å². The molecule has 0 radical (unpaired) electrons. The van der Waals surface area contributed by atoms with Crippen LogP contribution < -0.4 is 4.90 Å². The Balaban J connectivity index is 1.97. The predicted octanol–water partition coefficient (Wildman–Crippen LogP) is 3.85. The predicted molar refractivity (Wildman–Crippen MR) is 77.0 cm³/mol. The number of aryl methyl sites for hydroxylation is 1. The molecule has 96 valence electrons. The fraction of sp³-hybridized carbons (Fsp3) is 0.533. The van der Waals surface area contributed by atoms with Gasteiger partial charge in [0.2, 0.25) is 0 Å². The normalized spacial score (nSPS) is 27.4.